The zero-order chi connectivity index (χ0) is 13.1. The number of hydrogen-bond acceptors (Lipinski definition) is 2. The van der Waals surface area contributed by atoms with Crippen LogP contribution in [-0.4, -0.2) is 4.98 Å². The molecule has 1 atom stereocenters. The van der Waals surface area contributed by atoms with Crippen LogP contribution < -0.4 is 5.73 Å². The van der Waals surface area contributed by atoms with Gasteiger partial charge in [-0.15, -0.1) is 0 Å². The molecule has 3 heteroatoms. The summed E-state index contributed by atoms with van der Waals surface area (Å²) in [6, 6.07) is 7.82. The second kappa shape index (κ2) is 5.51. The van der Waals surface area contributed by atoms with Crippen LogP contribution in [0, 0.1) is 6.92 Å². The summed E-state index contributed by atoms with van der Waals surface area (Å²) in [5.74, 6) is 0. The standard InChI is InChI=1S/C15H17ClN2/c1-3-11-9-18-7-6-13(11)15(17)12-5-4-10(2)14(16)8-12/h4-9,15H,3,17H2,1-2H3. The van der Waals surface area contributed by atoms with Gasteiger partial charge in [-0.3, -0.25) is 4.98 Å². The van der Waals surface area contributed by atoms with Crippen molar-refractivity contribution >= 4 is 11.6 Å². The number of hydrogen-bond donors (Lipinski definition) is 1. The van der Waals surface area contributed by atoms with Crippen LogP contribution >= 0.6 is 11.6 Å². The Morgan fingerprint density at radius 1 is 1.33 bits per heavy atom. The molecule has 2 N–H and O–H groups in total. The van der Waals surface area contributed by atoms with Gasteiger partial charge in [0, 0.05) is 17.4 Å². The van der Waals surface area contributed by atoms with E-state index in [-0.39, 0.29) is 6.04 Å². The van der Waals surface area contributed by atoms with E-state index in [9.17, 15) is 0 Å². The van der Waals surface area contributed by atoms with E-state index in [2.05, 4.69) is 11.9 Å². The van der Waals surface area contributed by atoms with Crippen molar-refractivity contribution in [1.29, 1.82) is 0 Å². The van der Waals surface area contributed by atoms with Gasteiger partial charge in [0.15, 0.2) is 0 Å². The summed E-state index contributed by atoms with van der Waals surface area (Å²) in [6.45, 7) is 4.09. The van der Waals surface area contributed by atoms with Crippen LogP contribution in [0.3, 0.4) is 0 Å². The third-order valence-electron chi connectivity index (χ3n) is 3.21. The van der Waals surface area contributed by atoms with Crippen molar-refractivity contribution < 1.29 is 0 Å². The molecule has 18 heavy (non-hydrogen) atoms. The molecule has 0 aliphatic heterocycles. The van der Waals surface area contributed by atoms with E-state index < -0.39 is 0 Å². The molecule has 2 nitrogen and oxygen atoms in total. The third-order valence-corrected chi connectivity index (χ3v) is 3.62. The summed E-state index contributed by atoms with van der Waals surface area (Å²) in [5.41, 5.74) is 10.7. The molecule has 0 fully saturated rings. The van der Waals surface area contributed by atoms with E-state index in [4.69, 9.17) is 17.3 Å². The summed E-state index contributed by atoms with van der Waals surface area (Å²) in [4.78, 5) is 4.14. The fourth-order valence-electron chi connectivity index (χ4n) is 2.02. The topological polar surface area (TPSA) is 38.9 Å². The average molecular weight is 261 g/mol. The highest BCUT2D eigenvalue weighted by molar-refractivity contribution is 6.31. The molecule has 0 amide bonds. The zero-order valence-electron chi connectivity index (χ0n) is 10.7. The summed E-state index contributed by atoms with van der Waals surface area (Å²) < 4.78 is 0. The largest absolute Gasteiger partial charge is 0.320 e. The highest BCUT2D eigenvalue weighted by atomic mass is 35.5. The number of aromatic nitrogens is 1. The van der Waals surface area contributed by atoms with Crippen molar-refractivity contribution in [2.24, 2.45) is 5.73 Å². The normalized spacial score (nSPS) is 12.4. The summed E-state index contributed by atoms with van der Waals surface area (Å²) in [7, 11) is 0. The van der Waals surface area contributed by atoms with Crippen LogP contribution in [0.1, 0.15) is 35.2 Å². The van der Waals surface area contributed by atoms with Crippen molar-refractivity contribution in [2.45, 2.75) is 26.3 Å². The van der Waals surface area contributed by atoms with Gasteiger partial charge in [-0.1, -0.05) is 30.7 Å². The smallest absolute Gasteiger partial charge is 0.0556 e. The van der Waals surface area contributed by atoms with Crippen molar-refractivity contribution in [3.05, 3.63) is 63.9 Å². The van der Waals surface area contributed by atoms with Gasteiger partial charge in [0.05, 0.1) is 6.04 Å². The van der Waals surface area contributed by atoms with Crippen molar-refractivity contribution in [3.63, 3.8) is 0 Å². The molecule has 0 aliphatic carbocycles. The third kappa shape index (κ3) is 2.55. The molecule has 94 valence electrons. The predicted octanol–water partition coefficient (Wildman–Crippen LogP) is 3.65. The second-order valence-electron chi connectivity index (χ2n) is 4.41. The van der Waals surface area contributed by atoms with E-state index in [1.807, 2.05) is 37.4 Å². The summed E-state index contributed by atoms with van der Waals surface area (Å²) in [6.07, 6.45) is 4.59. The molecule has 2 rings (SSSR count). The first kappa shape index (κ1) is 13.1. The van der Waals surface area contributed by atoms with E-state index in [1.165, 1.54) is 5.56 Å². The molecule has 2 aromatic rings. The van der Waals surface area contributed by atoms with Crippen molar-refractivity contribution in [2.75, 3.05) is 0 Å². The Morgan fingerprint density at radius 3 is 2.78 bits per heavy atom. The minimum Gasteiger partial charge on any atom is -0.320 e. The molecule has 0 saturated heterocycles. The molecule has 1 heterocycles. The van der Waals surface area contributed by atoms with Gasteiger partial charge in [0.1, 0.15) is 0 Å². The number of nitrogens with two attached hydrogens (primary N) is 1. The number of halogens is 1. The zero-order valence-corrected chi connectivity index (χ0v) is 11.4. The SMILES string of the molecule is CCc1cnccc1C(N)c1ccc(C)c(Cl)c1. The van der Waals surface area contributed by atoms with Crippen LogP contribution in [0.5, 0.6) is 0 Å². The lowest BCUT2D eigenvalue weighted by molar-refractivity contribution is 0.843. The number of nitrogens with zero attached hydrogens (tertiary/aromatic N) is 1. The monoisotopic (exact) mass is 260 g/mol. The maximum atomic E-state index is 6.33. The van der Waals surface area contributed by atoms with Gasteiger partial charge in [-0.25, -0.2) is 0 Å². The van der Waals surface area contributed by atoms with Crippen LogP contribution in [0.4, 0.5) is 0 Å². The maximum Gasteiger partial charge on any atom is 0.0556 e. The number of pyridine rings is 1. The van der Waals surface area contributed by atoms with Crippen LogP contribution in [-0.2, 0) is 6.42 Å². The molecular weight excluding hydrogens is 244 g/mol. The Balaban J connectivity index is 2.41. The predicted molar refractivity (Wildman–Crippen MR) is 75.8 cm³/mol. The average Bonchev–Trinajstić information content (AvgIpc) is 2.41. The van der Waals surface area contributed by atoms with E-state index in [1.54, 1.807) is 6.20 Å². The van der Waals surface area contributed by atoms with Gasteiger partial charge in [0.25, 0.3) is 0 Å². The molecule has 1 unspecified atom stereocenters. The number of benzene rings is 1. The highest BCUT2D eigenvalue weighted by Crippen LogP contribution is 2.26. The van der Waals surface area contributed by atoms with Crippen molar-refractivity contribution in [1.82, 2.24) is 4.98 Å². The Labute approximate surface area is 113 Å². The van der Waals surface area contributed by atoms with E-state index >= 15 is 0 Å². The first-order chi connectivity index (χ1) is 8.63. The Bertz CT molecular complexity index is 552. The first-order valence-corrected chi connectivity index (χ1v) is 6.45. The van der Waals surface area contributed by atoms with Crippen LogP contribution in [0.2, 0.25) is 5.02 Å². The number of rotatable bonds is 3. The van der Waals surface area contributed by atoms with E-state index in [0.29, 0.717) is 0 Å². The molecule has 1 aromatic heterocycles. The summed E-state index contributed by atoms with van der Waals surface area (Å²) >= 11 is 6.15. The Hall–Kier alpha value is -1.38. The maximum absolute atomic E-state index is 6.33. The van der Waals surface area contributed by atoms with Gasteiger partial charge in [0.2, 0.25) is 0 Å². The second-order valence-corrected chi connectivity index (χ2v) is 4.82. The van der Waals surface area contributed by atoms with E-state index in [0.717, 1.165) is 28.1 Å². The Kier molecular flexibility index (Phi) is 4.00. The van der Waals surface area contributed by atoms with Crippen molar-refractivity contribution in [3.8, 4) is 0 Å². The molecule has 1 aromatic carbocycles. The highest BCUT2D eigenvalue weighted by Gasteiger charge is 2.13. The fourth-order valence-corrected chi connectivity index (χ4v) is 2.21. The minimum atomic E-state index is -0.152. The molecule has 0 radical (unpaired) electrons. The summed E-state index contributed by atoms with van der Waals surface area (Å²) in [5, 5.41) is 0.759. The molecule has 0 bridgehead atoms. The molecule has 0 spiro atoms. The minimum absolute atomic E-state index is 0.152. The lowest BCUT2D eigenvalue weighted by Crippen LogP contribution is -2.14. The van der Waals surface area contributed by atoms with Gasteiger partial charge in [-0.2, -0.15) is 0 Å². The van der Waals surface area contributed by atoms with Gasteiger partial charge in [-0.05, 0) is 47.7 Å². The molecular formula is C15H17ClN2. The Morgan fingerprint density at radius 2 is 2.11 bits per heavy atom. The fraction of sp³-hybridized carbons (Fsp3) is 0.267. The molecule has 0 saturated carbocycles. The molecule has 0 aliphatic rings. The lowest BCUT2D eigenvalue weighted by atomic mass is 9.95. The van der Waals surface area contributed by atoms with Gasteiger partial charge < -0.3 is 5.73 Å². The van der Waals surface area contributed by atoms with Crippen LogP contribution in [0.15, 0.2) is 36.7 Å². The number of aryl methyl sites for hydroxylation is 2. The van der Waals surface area contributed by atoms with Crippen LogP contribution in [0.25, 0.3) is 0 Å². The van der Waals surface area contributed by atoms with Gasteiger partial charge >= 0.3 is 0 Å². The lowest BCUT2D eigenvalue weighted by Gasteiger charge is -2.16. The first-order valence-electron chi connectivity index (χ1n) is 6.08. The quantitative estimate of drug-likeness (QED) is 0.915.